The summed E-state index contributed by atoms with van der Waals surface area (Å²) in [5.74, 6) is -0.321. The minimum absolute atomic E-state index is 0.141. The number of carbonyl (C=O) groups excluding carboxylic acids is 1. The van der Waals surface area contributed by atoms with Gasteiger partial charge in [-0.05, 0) is 42.0 Å². The molecular formula is C16H18FN7O3S2. The van der Waals surface area contributed by atoms with E-state index in [-0.39, 0.29) is 11.4 Å². The maximum atomic E-state index is 14.2. The number of sulfone groups is 1. The van der Waals surface area contributed by atoms with Crippen LogP contribution in [0, 0.1) is 12.7 Å². The molecule has 0 spiro atoms. The Labute approximate surface area is 170 Å². The van der Waals surface area contributed by atoms with Crippen molar-refractivity contribution in [1.29, 1.82) is 0 Å². The first kappa shape index (κ1) is 20.8. The van der Waals surface area contributed by atoms with Crippen molar-refractivity contribution in [2.75, 3.05) is 11.6 Å². The topological polar surface area (TPSA) is 132 Å². The molecule has 0 aliphatic carbocycles. The number of hydrogen-bond acceptors (Lipinski definition) is 8. The molecule has 0 radical (unpaired) electrons. The Hall–Kier alpha value is -2.93. The Morgan fingerprint density at radius 3 is 2.76 bits per heavy atom. The van der Waals surface area contributed by atoms with E-state index in [1.807, 2.05) is 6.92 Å². The maximum absolute atomic E-state index is 14.2. The molecule has 0 aliphatic heterocycles. The third-order valence-corrected chi connectivity index (χ3v) is 6.18. The van der Waals surface area contributed by atoms with Crippen LogP contribution in [-0.2, 0) is 22.9 Å². The zero-order valence-corrected chi connectivity index (χ0v) is 17.4. The number of carbonyl (C=O) groups is 1. The number of thiazole rings is 1. The number of anilines is 1. The molecule has 29 heavy (non-hydrogen) atoms. The van der Waals surface area contributed by atoms with E-state index < -0.39 is 21.7 Å². The number of urea groups is 1. The predicted octanol–water partition coefficient (Wildman–Crippen LogP) is 1.99. The van der Waals surface area contributed by atoms with Gasteiger partial charge in [0.15, 0.2) is 20.8 Å². The Bertz CT molecular complexity index is 1160. The highest BCUT2D eigenvalue weighted by Crippen LogP contribution is 2.34. The summed E-state index contributed by atoms with van der Waals surface area (Å²) in [6.07, 6.45) is 0.947. The van der Waals surface area contributed by atoms with Gasteiger partial charge in [-0.25, -0.2) is 27.3 Å². The van der Waals surface area contributed by atoms with E-state index in [1.165, 1.54) is 12.1 Å². The lowest BCUT2D eigenvalue weighted by atomic mass is 10.1. The first-order valence-electron chi connectivity index (χ1n) is 8.46. The molecule has 0 saturated carbocycles. The molecule has 0 aliphatic rings. The molecule has 0 fully saturated rings. The number of nitrogens with one attached hydrogen (secondary N) is 2. The largest absolute Gasteiger partial charge is 0.330 e. The van der Waals surface area contributed by atoms with E-state index >= 15 is 0 Å². The first-order valence-corrected chi connectivity index (χ1v) is 11.2. The Kier molecular flexibility index (Phi) is 5.88. The van der Waals surface area contributed by atoms with Crippen LogP contribution in [0.5, 0.6) is 0 Å². The van der Waals surface area contributed by atoms with E-state index in [1.54, 1.807) is 11.6 Å². The zero-order valence-electron chi connectivity index (χ0n) is 15.8. The van der Waals surface area contributed by atoms with Crippen molar-refractivity contribution in [3.8, 4) is 10.4 Å². The molecule has 154 valence electrons. The van der Waals surface area contributed by atoms with Gasteiger partial charge in [0, 0.05) is 12.8 Å². The minimum Gasteiger partial charge on any atom is -0.330 e. The summed E-state index contributed by atoms with van der Waals surface area (Å²) in [4.78, 5) is 16.6. The van der Waals surface area contributed by atoms with Crippen molar-refractivity contribution in [3.05, 3.63) is 35.5 Å². The second-order valence-corrected chi connectivity index (χ2v) is 9.05. The number of tetrazole rings is 1. The van der Waals surface area contributed by atoms with Gasteiger partial charge in [-0.1, -0.05) is 17.4 Å². The summed E-state index contributed by atoms with van der Waals surface area (Å²) < 4.78 is 38.9. The summed E-state index contributed by atoms with van der Waals surface area (Å²) in [7, 11) is -3.65. The van der Waals surface area contributed by atoms with Crippen molar-refractivity contribution >= 4 is 32.3 Å². The fourth-order valence-corrected chi connectivity index (χ4v) is 4.24. The van der Waals surface area contributed by atoms with E-state index in [0.717, 1.165) is 23.7 Å². The average molecular weight is 439 g/mol. The zero-order chi connectivity index (χ0) is 21.2. The van der Waals surface area contributed by atoms with Crippen LogP contribution in [0.15, 0.2) is 23.1 Å². The predicted molar refractivity (Wildman–Crippen MR) is 105 cm³/mol. The molecule has 0 unspecified atom stereocenters. The van der Waals surface area contributed by atoms with Gasteiger partial charge in [0.05, 0.1) is 17.1 Å². The summed E-state index contributed by atoms with van der Waals surface area (Å²) in [6, 6.07) is 3.38. The maximum Gasteiger partial charge on any atom is 0.321 e. The van der Waals surface area contributed by atoms with Crippen LogP contribution in [0.4, 0.5) is 14.3 Å². The number of halogens is 1. The van der Waals surface area contributed by atoms with Crippen LogP contribution in [-0.4, -0.2) is 45.9 Å². The van der Waals surface area contributed by atoms with Crippen LogP contribution in [0.3, 0.4) is 0 Å². The summed E-state index contributed by atoms with van der Waals surface area (Å²) in [5, 5.41) is 16.7. The summed E-state index contributed by atoms with van der Waals surface area (Å²) in [5.41, 5.74) is 1.05. The monoisotopic (exact) mass is 439 g/mol. The number of rotatable bonds is 6. The Morgan fingerprint density at radius 1 is 1.34 bits per heavy atom. The van der Waals surface area contributed by atoms with E-state index in [4.69, 9.17) is 0 Å². The number of aromatic nitrogens is 5. The van der Waals surface area contributed by atoms with Crippen molar-refractivity contribution in [1.82, 2.24) is 30.5 Å². The van der Waals surface area contributed by atoms with Gasteiger partial charge in [-0.2, -0.15) is 0 Å². The molecule has 3 aromatic rings. The molecule has 0 saturated heterocycles. The van der Waals surface area contributed by atoms with Crippen molar-refractivity contribution < 1.29 is 17.6 Å². The van der Waals surface area contributed by atoms with Crippen LogP contribution in [0.25, 0.3) is 10.4 Å². The summed E-state index contributed by atoms with van der Waals surface area (Å²) >= 11 is 1.15. The van der Waals surface area contributed by atoms with Gasteiger partial charge in [0.25, 0.3) is 0 Å². The fraction of sp³-hybridized carbons (Fsp3) is 0.312. The molecule has 1 aromatic carbocycles. The van der Waals surface area contributed by atoms with E-state index in [9.17, 15) is 17.6 Å². The van der Waals surface area contributed by atoms with Crippen LogP contribution in [0.1, 0.15) is 18.4 Å². The Morgan fingerprint density at radius 2 is 2.10 bits per heavy atom. The molecular weight excluding hydrogens is 421 g/mol. The first-order chi connectivity index (χ1) is 13.7. The van der Waals surface area contributed by atoms with Crippen molar-refractivity contribution in [2.45, 2.75) is 31.8 Å². The molecule has 2 N–H and O–H groups in total. The van der Waals surface area contributed by atoms with Gasteiger partial charge >= 0.3 is 6.03 Å². The average Bonchev–Trinajstić information content (AvgIpc) is 3.24. The summed E-state index contributed by atoms with van der Waals surface area (Å²) in [6.45, 7) is 4.31. The quantitative estimate of drug-likeness (QED) is 0.600. The normalized spacial score (nSPS) is 11.4. The molecule has 2 aromatic heterocycles. The van der Waals surface area contributed by atoms with Gasteiger partial charge in [0.2, 0.25) is 0 Å². The van der Waals surface area contributed by atoms with Crippen molar-refractivity contribution in [2.24, 2.45) is 0 Å². The second kappa shape index (κ2) is 8.21. The van der Waals surface area contributed by atoms with Gasteiger partial charge < -0.3 is 5.32 Å². The lowest BCUT2D eigenvalue weighted by Gasteiger charge is -2.05. The van der Waals surface area contributed by atoms with E-state index in [0.29, 0.717) is 33.6 Å². The number of nitrogens with zero attached hydrogens (tertiary/aromatic N) is 5. The highest BCUT2D eigenvalue weighted by atomic mass is 32.2. The third-order valence-electron chi connectivity index (χ3n) is 3.92. The third kappa shape index (κ3) is 4.74. The van der Waals surface area contributed by atoms with Crippen LogP contribution < -0.4 is 10.6 Å². The SMILES string of the molecule is CCn1nnnc1CNC(=O)Nc1nc(C)c(-c2ccc(S(C)(=O)=O)c(F)c2)s1. The molecule has 10 nitrogen and oxygen atoms in total. The molecule has 0 bridgehead atoms. The highest BCUT2D eigenvalue weighted by Gasteiger charge is 2.17. The lowest BCUT2D eigenvalue weighted by Crippen LogP contribution is -2.29. The van der Waals surface area contributed by atoms with Crippen LogP contribution in [0.2, 0.25) is 0 Å². The smallest absolute Gasteiger partial charge is 0.321 e. The van der Waals surface area contributed by atoms with Gasteiger partial charge in [0.1, 0.15) is 10.7 Å². The standard InChI is InChI=1S/C16H18FN7O3S2/c1-4-24-13(21-22-23-24)8-18-15(25)20-16-19-9(2)14(28-16)10-5-6-12(11(17)7-10)29(3,26)27/h5-7H,4,8H2,1-3H3,(H2,18,19,20,25). The molecule has 2 amide bonds. The van der Waals surface area contributed by atoms with Crippen molar-refractivity contribution in [3.63, 3.8) is 0 Å². The number of hydrogen-bond donors (Lipinski definition) is 2. The number of benzene rings is 1. The Balaban J connectivity index is 1.72. The molecule has 3 rings (SSSR count). The lowest BCUT2D eigenvalue weighted by molar-refractivity contribution is 0.251. The second-order valence-electron chi connectivity index (χ2n) is 6.07. The number of aryl methyl sites for hydroxylation is 2. The van der Waals surface area contributed by atoms with Gasteiger partial charge in [-0.15, -0.1) is 5.10 Å². The highest BCUT2D eigenvalue weighted by molar-refractivity contribution is 7.90. The fourth-order valence-electron chi connectivity index (χ4n) is 2.56. The van der Waals surface area contributed by atoms with Gasteiger partial charge in [-0.3, -0.25) is 5.32 Å². The molecule has 2 heterocycles. The molecule has 0 atom stereocenters. The van der Waals surface area contributed by atoms with E-state index in [2.05, 4.69) is 31.1 Å². The molecule has 13 heteroatoms. The number of amides is 2. The van der Waals surface area contributed by atoms with Crippen LogP contribution >= 0.6 is 11.3 Å². The minimum atomic E-state index is -3.65.